The van der Waals surface area contributed by atoms with Crippen LogP contribution in [0.3, 0.4) is 0 Å². The van der Waals surface area contributed by atoms with Gasteiger partial charge in [0.25, 0.3) is 0 Å². The molecule has 1 heterocycles. The zero-order valence-electron chi connectivity index (χ0n) is 5.51. The number of fused-ring (bicyclic) bond motifs is 1. The molecule has 2 aliphatic rings. The smallest absolute Gasteiger partial charge is 0.211 e. The van der Waals surface area contributed by atoms with Crippen molar-refractivity contribution in [3.05, 3.63) is 0 Å². The third-order valence-corrected chi connectivity index (χ3v) is 2.32. The van der Waals surface area contributed by atoms with Crippen molar-refractivity contribution in [1.29, 1.82) is 5.26 Å². The number of ether oxygens (including phenoxy) is 1. The van der Waals surface area contributed by atoms with Crippen LogP contribution in [0.15, 0.2) is 0 Å². The highest BCUT2D eigenvalue weighted by Crippen LogP contribution is 2.48. The third-order valence-electron chi connectivity index (χ3n) is 2.32. The lowest BCUT2D eigenvalue weighted by Gasteiger charge is -2.14. The molecule has 54 valence electrons. The summed E-state index contributed by atoms with van der Waals surface area (Å²) in [6, 6.07) is 1.91. The summed E-state index contributed by atoms with van der Waals surface area (Å²) in [5.41, 5.74) is -1.02. The first-order chi connectivity index (χ1) is 4.79. The topological polar surface area (TPSA) is 36.3 Å². The van der Waals surface area contributed by atoms with Crippen LogP contribution < -0.4 is 0 Å². The van der Waals surface area contributed by atoms with E-state index in [9.17, 15) is 4.39 Å². The molecule has 1 aliphatic heterocycles. The van der Waals surface area contributed by atoms with Crippen LogP contribution in [0.4, 0.5) is 4.39 Å². The van der Waals surface area contributed by atoms with Gasteiger partial charge in [0.2, 0.25) is 5.60 Å². The zero-order chi connectivity index (χ0) is 7.19. The molecule has 0 N–H and O–H groups in total. The van der Waals surface area contributed by atoms with E-state index < -0.39 is 11.8 Å². The van der Waals surface area contributed by atoms with Gasteiger partial charge >= 0.3 is 0 Å². The van der Waals surface area contributed by atoms with E-state index in [1.807, 2.05) is 6.07 Å². The van der Waals surface area contributed by atoms with Crippen molar-refractivity contribution < 1.29 is 9.13 Å². The Balaban J connectivity index is 2.19. The third kappa shape index (κ3) is 0.550. The summed E-state index contributed by atoms with van der Waals surface area (Å²) in [7, 11) is 0. The predicted molar refractivity (Wildman–Crippen MR) is 32.0 cm³/mol. The maximum absolute atomic E-state index is 12.9. The minimum absolute atomic E-state index is 0.0961. The number of halogens is 1. The Morgan fingerprint density at radius 3 is 2.90 bits per heavy atom. The van der Waals surface area contributed by atoms with Crippen LogP contribution in [0.2, 0.25) is 0 Å². The molecule has 0 aromatic rings. The second kappa shape index (κ2) is 1.70. The second-order valence-corrected chi connectivity index (χ2v) is 2.91. The molecule has 2 nitrogen and oxygen atoms in total. The summed E-state index contributed by atoms with van der Waals surface area (Å²) in [6.45, 7) is 0. The monoisotopic (exact) mass is 141 g/mol. The van der Waals surface area contributed by atoms with E-state index in [2.05, 4.69) is 0 Å². The van der Waals surface area contributed by atoms with Crippen LogP contribution in [0.1, 0.15) is 19.3 Å². The summed E-state index contributed by atoms with van der Waals surface area (Å²) < 4.78 is 17.9. The van der Waals surface area contributed by atoms with Crippen LogP contribution in [0.5, 0.6) is 0 Å². The number of alkyl halides is 1. The van der Waals surface area contributed by atoms with Crippen molar-refractivity contribution in [2.75, 3.05) is 0 Å². The molecule has 3 heteroatoms. The molecule has 0 amide bonds. The molecule has 0 aromatic heterocycles. The van der Waals surface area contributed by atoms with E-state index in [-0.39, 0.29) is 6.10 Å². The molecule has 0 radical (unpaired) electrons. The molecule has 1 saturated heterocycles. The first kappa shape index (κ1) is 6.11. The average Bonchev–Trinajstić information content (AvgIpc) is 2.65. The number of rotatable bonds is 0. The van der Waals surface area contributed by atoms with Gasteiger partial charge in [-0.15, -0.1) is 0 Å². The Bertz CT molecular complexity index is 200. The summed E-state index contributed by atoms with van der Waals surface area (Å²) >= 11 is 0. The first-order valence-corrected chi connectivity index (χ1v) is 3.53. The van der Waals surface area contributed by atoms with Crippen LogP contribution in [-0.4, -0.2) is 17.9 Å². The second-order valence-electron chi connectivity index (χ2n) is 2.91. The lowest BCUT2D eigenvalue weighted by Crippen LogP contribution is -2.30. The Kier molecular flexibility index (Phi) is 1.04. The van der Waals surface area contributed by atoms with Gasteiger partial charge in [-0.2, -0.15) is 5.26 Å². The Hall–Kier alpha value is -0.620. The summed E-state index contributed by atoms with van der Waals surface area (Å²) in [5, 5.41) is 8.55. The highest BCUT2D eigenvalue weighted by atomic mass is 19.1. The number of hydrogen-bond acceptors (Lipinski definition) is 2. The van der Waals surface area contributed by atoms with Gasteiger partial charge < -0.3 is 4.74 Å². The van der Waals surface area contributed by atoms with E-state index >= 15 is 0 Å². The maximum atomic E-state index is 12.9. The standard InChI is InChI=1S/C7H8FNO/c8-5-2-1-3-6-7(5,4-9)10-6/h5-6H,1-3H2/t5-,6+,7-/m0/s1. The van der Waals surface area contributed by atoms with Crippen LogP contribution in [0, 0.1) is 11.3 Å². The molecule has 1 aliphatic carbocycles. The molecule has 2 fully saturated rings. The van der Waals surface area contributed by atoms with Gasteiger partial charge in [0.1, 0.15) is 18.3 Å². The maximum Gasteiger partial charge on any atom is 0.211 e. The van der Waals surface area contributed by atoms with Gasteiger partial charge in [-0.3, -0.25) is 0 Å². The lowest BCUT2D eigenvalue weighted by molar-refractivity contribution is 0.193. The molecule has 0 bridgehead atoms. The average molecular weight is 141 g/mol. The minimum atomic E-state index is -1.05. The van der Waals surface area contributed by atoms with Gasteiger partial charge in [-0.05, 0) is 19.3 Å². The molecule has 0 aromatic carbocycles. The molecule has 0 spiro atoms. The quantitative estimate of drug-likeness (QED) is 0.475. The van der Waals surface area contributed by atoms with E-state index in [0.29, 0.717) is 6.42 Å². The zero-order valence-corrected chi connectivity index (χ0v) is 5.51. The normalized spacial score (nSPS) is 51.2. The van der Waals surface area contributed by atoms with Gasteiger partial charge in [0, 0.05) is 0 Å². The molecule has 2 rings (SSSR count). The van der Waals surface area contributed by atoms with E-state index in [1.165, 1.54) is 0 Å². The predicted octanol–water partition coefficient (Wildman–Crippen LogP) is 1.17. The van der Waals surface area contributed by atoms with Crippen molar-refractivity contribution in [2.24, 2.45) is 0 Å². The van der Waals surface area contributed by atoms with Gasteiger partial charge in [0.05, 0.1) is 0 Å². The van der Waals surface area contributed by atoms with Crippen molar-refractivity contribution in [1.82, 2.24) is 0 Å². The SMILES string of the molecule is N#C[C@@]12O[C@@H]1CCC[C@@H]2F. The number of epoxide rings is 1. The van der Waals surface area contributed by atoms with Crippen LogP contribution in [0.25, 0.3) is 0 Å². The molecule has 3 atom stereocenters. The minimum Gasteiger partial charge on any atom is -0.347 e. The first-order valence-electron chi connectivity index (χ1n) is 3.53. The fourth-order valence-electron chi connectivity index (χ4n) is 1.62. The largest absolute Gasteiger partial charge is 0.347 e. The molecular formula is C7H8FNO. The lowest BCUT2D eigenvalue weighted by atomic mass is 9.89. The molecule has 1 saturated carbocycles. The Morgan fingerprint density at radius 1 is 1.60 bits per heavy atom. The number of nitrogens with zero attached hydrogens (tertiary/aromatic N) is 1. The van der Waals surface area contributed by atoms with Crippen LogP contribution in [-0.2, 0) is 4.74 Å². The van der Waals surface area contributed by atoms with Gasteiger partial charge in [0.15, 0.2) is 0 Å². The Labute approximate surface area is 58.6 Å². The molecule has 0 unspecified atom stereocenters. The van der Waals surface area contributed by atoms with E-state index in [1.54, 1.807) is 0 Å². The summed E-state index contributed by atoms with van der Waals surface area (Å²) in [4.78, 5) is 0. The summed E-state index contributed by atoms with van der Waals surface area (Å²) in [6.07, 6.45) is 1.06. The highest BCUT2D eigenvalue weighted by molar-refractivity contribution is 5.23. The van der Waals surface area contributed by atoms with Crippen molar-refractivity contribution in [3.8, 4) is 6.07 Å². The molecule has 10 heavy (non-hydrogen) atoms. The summed E-state index contributed by atoms with van der Waals surface area (Å²) in [5.74, 6) is 0. The van der Waals surface area contributed by atoms with E-state index in [4.69, 9.17) is 10.00 Å². The number of nitriles is 1. The fraction of sp³-hybridized carbons (Fsp3) is 0.857. The molecular weight excluding hydrogens is 133 g/mol. The number of hydrogen-bond donors (Lipinski definition) is 0. The highest BCUT2D eigenvalue weighted by Gasteiger charge is 2.64. The van der Waals surface area contributed by atoms with Crippen LogP contribution >= 0.6 is 0 Å². The van der Waals surface area contributed by atoms with E-state index in [0.717, 1.165) is 12.8 Å². The van der Waals surface area contributed by atoms with Crippen molar-refractivity contribution in [2.45, 2.75) is 37.1 Å². The fourth-order valence-corrected chi connectivity index (χ4v) is 1.62. The van der Waals surface area contributed by atoms with Gasteiger partial charge in [-0.1, -0.05) is 0 Å². The van der Waals surface area contributed by atoms with Crippen molar-refractivity contribution in [3.63, 3.8) is 0 Å². The Morgan fingerprint density at radius 2 is 2.40 bits per heavy atom. The van der Waals surface area contributed by atoms with Gasteiger partial charge in [-0.25, -0.2) is 4.39 Å². The van der Waals surface area contributed by atoms with Crippen molar-refractivity contribution >= 4 is 0 Å².